The highest BCUT2D eigenvalue weighted by Crippen LogP contribution is 2.43. The fourth-order valence-electron chi connectivity index (χ4n) is 11.9. The lowest BCUT2D eigenvalue weighted by molar-refractivity contribution is -0.870. The molecule has 0 aromatic rings. The van der Waals surface area contributed by atoms with E-state index in [0.29, 0.717) is 23.9 Å². The maximum Gasteiger partial charge on any atom is 0.472 e. The number of hydrogen-bond donors (Lipinski definition) is 1. The van der Waals surface area contributed by atoms with Gasteiger partial charge in [0.05, 0.1) is 27.7 Å². The van der Waals surface area contributed by atoms with Crippen LogP contribution in [0.3, 0.4) is 0 Å². The minimum Gasteiger partial charge on any atom is -0.462 e. The van der Waals surface area contributed by atoms with Gasteiger partial charge in [-0.25, -0.2) is 4.57 Å². The average molecular weight is 1310 g/mol. The van der Waals surface area contributed by atoms with Gasteiger partial charge in [-0.2, -0.15) is 0 Å². The topological polar surface area (TPSA) is 108 Å². The quantitative estimate of drug-likeness (QED) is 0.0211. The molecule has 0 aliphatic rings. The molecule has 0 amide bonds. The van der Waals surface area contributed by atoms with E-state index in [-0.39, 0.29) is 25.6 Å². The van der Waals surface area contributed by atoms with Crippen LogP contribution >= 0.6 is 7.82 Å². The molecule has 0 bridgehead atoms. The Morgan fingerprint density at radius 3 is 0.870 bits per heavy atom. The Labute approximate surface area is 572 Å². The molecule has 0 spiro atoms. The highest BCUT2D eigenvalue weighted by molar-refractivity contribution is 7.47. The van der Waals surface area contributed by atoms with Gasteiger partial charge in [0.1, 0.15) is 19.8 Å². The van der Waals surface area contributed by atoms with Crippen LogP contribution in [-0.2, 0) is 32.7 Å². The lowest BCUT2D eigenvalue weighted by atomic mass is 10.0. The molecule has 0 aliphatic carbocycles. The molecule has 0 aromatic carbocycles. The van der Waals surface area contributed by atoms with Gasteiger partial charge in [-0.3, -0.25) is 18.6 Å². The van der Waals surface area contributed by atoms with Gasteiger partial charge < -0.3 is 18.9 Å². The van der Waals surface area contributed by atoms with Crippen molar-refractivity contribution in [1.29, 1.82) is 0 Å². The molecule has 0 saturated heterocycles. The molecule has 9 nitrogen and oxygen atoms in total. The standard InChI is InChI=1S/C82H154NO8P/c1-6-8-10-12-14-16-18-20-22-24-26-28-30-32-34-36-37-38-39-40-41-42-43-44-45-47-49-51-53-55-57-59-61-63-65-67-69-71-73-75-82(85)91-80(79-90-92(86,87)89-77-76-83(3,4)5)78-88-81(84)74-72-70-68-66-64-62-60-58-56-54-52-50-48-46-35-33-31-29-27-25-23-21-19-17-15-13-11-9-7-2/h18-21,24-27,30,32,80H,6-17,22-23,28-29,31,33-79H2,1-5H3/p+1/b20-18-,21-19-,26-24-,27-25-,32-30-. The van der Waals surface area contributed by atoms with E-state index in [1.807, 2.05) is 21.1 Å². The van der Waals surface area contributed by atoms with Crippen molar-refractivity contribution in [2.45, 2.75) is 405 Å². The van der Waals surface area contributed by atoms with Gasteiger partial charge in [0, 0.05) is 12.8 Å². The van der Waals surface area contributed by atoms with Gasteiger partial charge in [-0.05, 0) is 83.5 Å². The molecule has 540 valence electrons. The van der Waals surface area contributed by atoms with E-state index < -0.39 is 26.5 Å². The van der Waals surface area contributed by atoms with Crippen molar-refractivity contribution in [3.05, 3.63) is 60.8 Å². The molecule has 1 N–H and O–H groups in total. The lowest BCUT2D eigenvalue weighted by Gasteiger charge is -2.24. The largest absolute Gasteiger partial charge is 0.472 e. The number of esters is 2. The Kier molecular flexibility index (Phi) is 71.2. The number of rotatable bonds is 75. The molecule has 92 heavy (non-hydrogen) atoms. The van der Waals surface area contributed by atoms with Crippen molar-refractivity contribution < 1.29 is 42.1 Å². The maximum absolute atomic E-state index is 12.9. The summed E-state index contributed by atoms with van der Waals surface area (Å²) in [7, 11) is 1.50. The molecule has 0 aliphatic heterocycles. The molecule has 2 atom stereocenters. The summed E-state index contributed by atoms with van der Waals surface area (Å²) >= 11 is 0. The summed E-state index contributed by atoms with van der Waals surface area (Å²) in [6, 6.07) is 0. The summed E-state index contributed by atoms with van der Waals surface area (Å²) in [6.07, 6.45) is 98.0. The second-order valence-electron chi connectivity index (χ2n) is 28.4. The van der Waals surface area contributed by atoms with Crippen LogP contribution in [-0.4, -0.2) is 74.9 Å². The Balaban J connectivity index is 3.91. The minimum atomic E-state index is -4.39. The third-order valence-electron chi connectivity index (χ3n) is 18.0. The van der Waals surface area contributed by atoms with Crippen LogP contribution in [0, 0.1) is 0 Å². The summed E-state index contributed by atoms with van der Waals surface area (Å²) in [5.74, 6) is -0.775. The number of phosphoric ester groups is 1. The van der Waals surface area contributed by atoms with Crippen molar-refractivity contribution in [3.63, 3.8) is 0 Å². The van der Waals surface area contributed by atoms with Crippen LogP contribution in [0.4, 0.5) is 0 Å². The van der Waals surface area contributed by atoms with Crippen molar-refractivity contribution >= 4 is 19.8 Å². The van der Waals surface area contributed by atoms with E-state index in [9.17, 15) is 19.0 Å². The number of likely N-dealkylation sites (N-methyl/N-ethyl adjacent to an activating group) is 1. The molecule has 0 radical (unpaired) electrons. The van der Waals surface area contributed by atoms with Gasteiger partial charge in [0.15, 0.2) is 6.10 Å². The molecule has 0 heterocycles. The third-order valence-corrected chi connectivity index (χ3v) is 19.0. The monoisotopic (exact) mass is 1310 g/mol. The SMILES string of the molecule is CCCCCCC/C=C\C/C=C\C/C=C\CCCCCCCCCCCCCCCCCCCCCCCCCCC(=O)OC(COC(=O)CCCCCCCCCCCCCCCCCCC/C=C\C/C=C\CCCCCCC)COP(=O)(O)OCC[N+](C)(C)C. The number of quaternary nitrogens is 1. The van der Waals surface area contributed by atoms with Gasteiger partial charge in [-0.15, -0.1) is 0 Å². The zero-order valence-corrected chi connectivity index (χ0v) is 62.7. The third kappa shape index (κ3) is 76.7. The summed E-state index contributed by atoms with van der Waals surface area (Å²) in [5, 5.41) is 0. The lowest BCUT2D eigenvalue weighted by Crippen LogP contribution is -2.37. The average Bonchev–Trinajstić information content (AvgIpc) is 2.14. The maximum atomic E-state index is 12.9. The first-order valence-corrected chi connectivity index (χ1v) is 41.5. The van der Waals surface area contributed by atoms with Crippen LogP contribution < -0.4 is 0 Å². The molecular formula is C82H155NO8P+. The van der Waals surface area contributed by atoms with Gasteiger partial charge in [0.25, 0.3) is 0 Å². The molecule has 0 saturated carbocycles. The van der Waals surface area contributed by atoms with Gasteiger partial charge in [-0.1, -0.05) is 364 Å². The van der Waals surface area contributed by atoms with Crippen molar-refractivity contribution in [3.8, 4) is 0 Å². The first-order chi connectivity index (χ1) is 45.0. The predicted molar refractivity (Wildman–Crippen MR) is 400 cm³/mol. The molecule has 2 unspecified atom stereocenters. The fourth-order valence-corrected chi connectivity index (χ4v) is 12.6. The fraction of sp³-hybridized carbons (Fsp3) is 0.854. The first kappa shape index (κ1) is 89.7. The number of nitrogens with zero attached hydrogens (tertiary/aromatic N) is 1. The van der Waals surface area contributed by atoms with Crippen molar-refractivity contribution in [2.75, 3.05) is 47.5 Å². The van der Waals surface area contributed by atoms with Gasteiger partial charge >= 0.3 is 19.8 Å². The summed E-state index contributed by atoms with van der Waals surface area (Å²) in [6.45, 7) is 4.48. The van der Waals surface area contributed by atoms with Crippen molar-refractivity contribution in [2.24, 2.45) is 0 Å². The second-order valence-corrected chi connectivity index (χ2v) is 29.9. The molecule has 0 aromatic heterocycles. The second kappa shape index (κ2) is 73.0. The van der Waals surface area contributed by atoms with E-state index in [1.165, 1.54) is 315 Å². The van der Waals surface area contributed by atoms with E-state index in [2.05, 4.69) is 74.6 Å². The highest BCUT2D eigenvalue weighted by Gasteiger charge is 2.27. The summed E-state index contributed by atoms with van der Waals surface area (Å²) < 4.78 is 34.8. The predicted octanol–water partition coefficient (Wildman–Crippen LogP) is 26.5. The Morgan fingerprint density at radius 2 is 0.587 bits per heavy atom. The number of carbonyl (C=O) groups is 2. The van der Waals surface area contributed by atoms with Crippen LogP contribution in [0.2, 0.25) is 0 Å². The van der Waals surface area contributed by atoms with E-state index in [0.717, 1.165) is 51.4 Å². The molecule has 10 heteroatoms. The summed E-state index contributed by atoms with van der Waals surface area (Å²) in [4.78, 5) is 36.0. The number of unbranched alkanes of at least 4 members (excludes halogenated alkanes) is 51. The van der Waals surface area contributed by atoms with Crippen molar-refractivity contribution in [1.82, 2.24) is 0 Å². The first-order valence-electron chi connectivity index (χ1n) is 40.0. The van der Waals surface area contributed by atoms with E-state index in [4.69, 9.17) is 18.5 Å². The molecular weight excluding hydrogens is 1160 g/mol. The summed E-state index contributed by atoms with van der Waals surface area (Å²) in [5.41, 5.74) is 0. The van der Waals surface area contributed by atoms with Crippen LogP contribution in [0.15, 0.2) is 60.8 Å². The smallest absolute Gasteiger partial charge is 0.462 e. The minimum absolute atomic E-state index is 0.0337. The van der Waals surface area contributed by atoms with E-state index in [1.54, 1.807) is 0 Å². The molecule has 0 rings (SSSR count). The van der Waals surface area contributed by atoms with E-state index >= 15 is 0 Å². The Morgan fingerprint density at radius 1 is 0.337 bits per heavy atom. The highest BCUT2D eigenvalue weighted by atomic mass is 31.2. The van der Waals surface area contributed by atoms with Gasteiger partial charge in [0.2, 0.25) is 0 Å². The molecule has 0 fully saturated rings. The number of hydrogen-bond acceptors (Lipinski definition) is 7. The zero-order valence-electron chi connectivity index (χ0n) is 61.8. The normalized spacial score (nSPS) is 13.3. The van der Waals surface area contributed by atoms with Crippen LogP contribution in [0.5, 0.6) is 0 Å². The number of carbonyl (C=O) groups excluding carboxylic acids is 2. The number of phosphoric acid groups is 1. The Hall–Kier alpha value is -2.29. The number of ether oxygens (including phenoxy) is 2. The number of allylic oxidation sites excluding steroid dienone is 10. The van der Waals surface area contributed by atoms with Crippen LogP contribution in [0.1, 0.15) is 399 Å². The Bertz CT molecular complexity index is 1740. The zero-order chi connectivity index (χ0) is 66.9. The van der Waals surface area contributed by atoms with Crippen LogP contribution in [0.25, 0.3) is 0 Å².